The van der Waals surface area contributed by atoms with Gasteiger partial charge in [-0.3, -0.25) is 0 Å². The highest BCUT2D eigenvalue weighted by atomic mass is 79.9. The van der Waals surface area contributed by atoms with Crippen molar-refractivity contribution >= 4 is 31.9 Å². The minimum Gasteiger partial charge on any atom is -0.309 e. The van der Waals surface area contributed by atoms with Gasteiger partial charge >= 0.3 is 0 Å². The predicted molar refractivity (Wildman–Crippen MR) is 95.6 cm³/mol. The Labute approximate surface area is 140 Å². The fourth-order valence-electron chi connectivity index (χ4n) is 2.18. The van der Waals surface area contributed by atoms with E-state index in [1.807, 2.05) is 0 Å². The molecule has 4 heteroatoms. The molecule has 0 amide bonds. The summed E-state index contributed by atoms with van der Waals surface area (Å²) in [6.45, 7) is 2.27. The molecule has 20 heavy (non-hydrogen) atoms. The number of benzene rings is 1. The number of halogens is 2. The smallest absolute Gasteiger partial charge is 0.0210 e. The summed E-state index contributed by atoms with van der Waals surface area (Å²) in [5.41, 5.74) is 2.80. The largest absolute Gasteiger partial charge is 0.309 e. The Bertz CT molecular complexity index is 377. The summed E-state index contributed by atoms with van der Waals surface area (Å²) < 4.78 is 2.50. The van der Waals surface area contributed by atoms with Crippen LogP contribution in [0.4, 0.5) is 0 Å². The van der Waals surface area contributed by atoms with Gasteiger partial charge in [0.25, 0.3) is 0 Å². The third-order valence-electron chi connectivity index (χ3n) is 3.32. The highest BCUT2D eigenvalue weighted by molar-refractivity contribution is 9.11. The van der Waals surface area contributed by atoms with Gasteiger partial charge in [-0.2, -0.15) is 0 Å². The van der Waals surface area contributed by atoms with E-state index in [4.69, 9.17) is 0 Å². The first-order chi connectivity index (χ1) is 9.40. The summed E-state index contributed by atoms with van der Waals surface area (Å²) in [6.07, 6.45) is 4.63. The van der Waals surface area contributed by atoms with Gasteiger partial charge in [0.15, 0.2) is 0 Å². The van der Waals surface area contributed by atoms with Crippen LogP contribution in [0.15, 0.2) is 21.1 Å². The lowest BCUT2D eigenvalue weighted by molar-refractivity contribution is 0.399. The van der Waals surface area contributed by atoms with Crippen molar-refractivity contribution in [3.05, 3.63) is 32.2 Å². The molecule has 1 aromatic carbocycles. The van der Waals surface area contributed by atoms with Gasteiger partial charge in [-0.25, -0.2) is 0 Å². The minimum atomic E-state index is 1.12. The molecule has 1 rings (SSSR count). The third-order valence-corrected chi connectivity index (χ3v) is 4.79. The van der Waals surface area contributed by atoms with Crippen molar-refractivity contribution in [3.63, 3.8) is 0 Å². The van der Waals surface area contributed by atoms with Gasteiger partial charge in [0.2, 0.25) is 0 Å². The molecule has 0 aliphatic carbocycles. The van der Waals surface area contributed by atoms with E-state index in [-0.39, 0.29) is 0 Å². The molecule has 0 radical (unpaired) electrons. The predicted octanol–water partition coefficient (Wildman–Crippen LogP) is 4.20. The summed E-state index contributed by atoms with van der Waals surface area (Å²) in [5, 5.41) is 0. The van der Waals surface area contributed by atoms with Crippen LogP contribution in [0.3, 0.4) is 0 Å². The van der Waals surface area contributed by atoms with Gasteiger partial charge in [-0.1, -0.05) is 31.9 Å². The molecule has 0 aliphatic rings. The first kappa shape index (κ1) is 18.1. The minimum absolute atomic E-state index is 1.12. The first-order valence-electron chi connectivity index (χ1n) is 7.16. The molecular weight excluding hydrogens is 380 g/mol. The molecule has 0 N–H and O–H groups in total. The van der Waals surface area contributed by atoms with Crippen LogP contribution in [0, 0.1) is 0 Å². The Hall–Kier alpha value is 0.1000. The Balaban J connectivity index is 2.61. The van der Waals surface area contributed by atoms with Crippen molar-refractivity contribution in [1.29, 1.82) is 0 Å². The van der Waals surface area contributed by atoms with Gasteiger partial charge in [0.1, 0.15) is 0 Å². The average Bonchev–Trinajstić information content (AvgIpc) is 2.33. The fourth-order valence-corrected chi connectivity index (χ4v) is 3.36. The zero-order chi connectivity index (χ0) is 15.1. The Kier molecular flexibility index (Phi) is 8.34. The van der Waals surface area contributed by atoms with Crippen molar-refractivity contribution in [2.24, 2.45) is 0 Å². The molecule has 0 spiro atoms. The second-order valence-electron chi connectivity index (χ2n) is 5.85. The maximum absolute atomic E-state index is 3.72. The lowest BCUT2D eigenvalue weighted by Gasteiger charge is -2.13. The summed E-state index contributed by atoms with van der Waals surface area (Å²) in [5.74, 6) is 0. The van der Waals surface area contributed by atoms with Crippen molar-refractivity contribution in [1.82, 2.24) is 9.80 Å². The number of nitrogens with zero attached hydrogens (tertiary/aromatic N) is 2. The molecule has 0 aliphatic heterocycles. The topological polar surface area (TPSA) is 6.48 Å². The second kappa shape index (κ2) is 9.19. The van der Waals surface area contributed by atoms with Crippen LogP contribution in [0.2, 0.25) is 0 Å². The molecule has 0 saturated carbocycles. The summed E-state index contributed by atoms with van der Waals surface area (Å²) in [4.78, 5) is 4.47. The van der Waals surface area contributed by atoms with Crippen LogP contribution >= 0.6 is 31.9 Å². The van der Waals surface area contributed by atoms with Gasteiger partial charge in [0.05, 0.1) is 0 Å². The molecule has 0 fully saturated rings. The number of rotatable bonds is 8. The summed E-state index contributed by atoms with van der Waals surface area (Å²) >= 11 is 7.45. The molecule has 0 unspecified atom stereocenters. The van der Waals surface area contributed by atoms with Crippen LogP contribution in [-0.2, 0) is 12.8 Å². The summed E-state index contributed by atoms with van der Waals surface area (Å²) in [7, 11) is 8.50. The second-order valence-corrected chi connectivity index (χ2v) is 7.56. The SMILES string of the molecule is CN(C)CCCc1cc(Br)c(CCCN(C)C)cc1Br. The van der Waals surface area contributed by atoms with E-state index in [0.717, 1.165) is 25.9 Å². The van der Waals surface area contributed by atoms with Crippen LogP contribution < -0.4 is 0 Å². The molecule has 1 aromatic rings. The van der Waals surface area contributed by atoms with E-state index in [1.165, 1.54) is 32.9 Å². The molecule has 0 aromatic heterocycles. The van der Waals surface area contributed by atoms with E-state index in [2.05, 4.69) is 82.0 Å². The normalized spacial score (nSPS) is 11.6. The number of hydrogen-bond donors (Lipinski definition) is 0. The zero-order valence-corrected chi connectivity index (χ0v) is 16.2. The van der Waals surface area contributed by atoms with Crippen LogP contribution in [-0.4, -0.2) is 51.1 Å². The van der Waals surface area contributed by atoms with E-state index in [0.29, 0.717) is 0 Å². The molecule has 0 bridgehead atoms. The van der Waals surface area contributed by atoms with Crippen LogP contribution in [0.25, 0.3) is 0 Å². The maximum atomic E-state index is 3.72. The highest BCUT2D eigenvalue weighted by Gasteiger charge is 2.07. The molecular formula is C16H26Br2N2. The van der Waals surface area contributed by atoms with Crippen LogP contribution in [0.5, 0.6) is 0 Å². The van der Waals surface area contributed by atoms with Crippen molar-refractivity contribution < 1.29 is 0 Å². The van der Waals surface area contributed by atoms with Gasteiger partial charge < -0.3 is 9.80 Å². The van der Waals surface area contributed by atoms with E-state index < -0.39 is 0 Å². The van der Waals surface area contributed by atoms with Crippen molar-refractivity contribution in [3.8, 4) is 0 Å². The molecule has 0 heterocycles. The zero-order valence-electron chi connectivity index (χ0n) is 13.0. The van der Waals surface area contributed by atoms with Gasteiger partial charge in [-0.05, 0) is 90.2 Å². The quantitative estimate of drug-likeness (QED) is 0.639. The number of hydrogen-bond acceptors (Lipinski definition) is 2. The third kappa shape index (κ3) is 6.70. The van der Waals surface area contributed by atoms with E-state index >= 15 is 0 Å². The lowest BCUT2D eigenvalue weighted by Crippen LogP contribution is -2.14. The monoisotopic (exact) mass is 404 g/mol. The molecule has 114 valence electrons. The number of aryl methyl sites for hydroxylation is 2. The molecule has 0 saturated heterocycles. The van der Waals surface area contributed by atoms with E-state index in [1.54, 1.807) is 0 Å². The van der Waals surface area contributed by atoms with E-state index in [9.17, 15) is 0 Å². The Morgan fingerprint density at radius 3 is 1.40 bits per heavy atom. The Morgan fingerprint density at radius 2 is 1.10 bits per heavy atom. The average molecular weight is 406 g/mol. The lowest BCUT2D eigenvalue weighted by atomic mass is 10.0. The van der Waals surface area contributed by atoms with Crippen molar-refractivity contribution in [2.75, 3.05) is 41.3 Å². The molecule has 2 nitrogen and oxygen atoms in total. The molecule has 0 atom stereocenters. The standard InChI is InChI=1S/C16H26Br2N2/c1-19(2)9-5-7-13-11-16(18)14(12-15(13)17)8-6-10-20(3)4/h11-12H,5-10H2,1-4H3. The highest BCUT2D eigenvalue weighted by Crippen LogP contribution is 2.28. The summed E-state index contributed by atoms with van der Waals surface area (Å²) in [6, 6.07) is 4.56. The Morgan fingerprint density at radius 1 is 0.750 bits per heavy atom. The van der Waals surface area contributed by atoms with Gasteiger partial charge in [0, 0.05) is 8.95 Å². The maximum Gasteiger partial charge on any atom is 0.0210 e. The van der Waals surface area contributed by atoms with Gasteiger partial charge in [-0.15, -0.1) is 0 Å². The van der Waals surface area contributed by atoms with Crippen LogP contribution in [0.1, 0.15) is 24.0 Å². The first-order valence-corrected chi connectivity index (χ1v) is 8.75. The fraction of sp³-hybridized carbons (Fsp3) is 0.625. The van der Waals surface area contributed by atoms with Crippen molar-refractivity contribution in [2.45, 2.75) is 25.7 Å².